The van der Waals surface area contributed by atoms with Crippen molar-refractivity contribution in [3.8, 4) is 5.75 Å². The summed E-state index contributed by atoms with van der Waals surface area (Å²) in [4.78, 5) is 0. The zero-order valence-corrected chi connectivity index (χ0v) is 13.6. The summed E-state index contributed by atoms with van der Waals surface area (Å²) < 4.78 is 11.6. The molecule has 0 aliphatic carbocycles. The molecular formula is C17H29NO2. The molecule has 0 amide bonds. The lowest BCUT2D eigenvalue weighted by molar-refractivity contribution is -0.0164. The van der Waals surface area contributed by atoms with Crippen LogP contribution in [0.1, 0.15) is 45.2 Å². The molecule has 1 N–H and O–H groups in total. The van der Waals surface area contributed by atoms with E-state index in [-0.39, 0.29) is 5.60 Å². The van der Waals surface area contributed by atoms with Crippen LogP contribution in [-0.4, -0.2) is 25.4 Å². The highest BCUT2D eigenvalue weighted by Crippen LogP contribution is 2.23. The molecule has 0 atom stereocenters. The van der Waals surface area contributed by atoms with Gasteiger partial charge in [0.05, 0.1) is 12.2 Å². The van der Waals surface area contributed by atoms with Gasteiger partial charge >= 0.3 is 0 Å². The normalized spacial score (nSPS) is 11.7. The van der Waals surface area contributed by atoms with Crippen molar-refractivity contribution in [1.29, 1.82) is 0 Å². The summed E-state index contributed by atoms with van der Waals surface area (Å²) in [5.41, 5.74) is 2.28. The molecule has 0 radical (unpaired) electrons. The van der Waals surface area contributed by atoms with Crippen molar-refractivity contribution in [3.05, 3.63) is 29.3 Å². The van der Waals surface area contributed by atoms with Crippen molar-refractivity contribution in [1.82, 2.24) is 5.32 Å². The first-order valence-electron chi connectivity index (χ1n) is 7.50. The molecule has 0 unspecified atom stereocenters. The van der Waals surface area contributed by atoms with Crippen LogP contribution < -0.4 is 10.1 Å². The number of nitrogens with one attached hydrogen (secondary N) is 1. The van der Waals surface area contributed by atoms with Crippen LogP contribution in [0.5, 0.6) is 5.75 Å². The molecule has 114 valence electrons. The first-order chi connectivity index (χ1) is 9.44. The third-order valence-corrected chi connectivity index (χ3v) is 2.90. The molecule has 0 aliphatic heterocycles. The molecule has 0 saturated carbocycles. The van der Waals surface area contributed by atoms with E-state index < -0.39 is 0 Å². The van der Waals surface area contributed by atoms with E-state index in [9.17, 15) is 0 Å². The third kappa shape index (κ3) is 6.40. The minimum atomic E-state index is -0.111. The molecule has 20 heavy (non-hydrogen) atoms. The second-order valence-corrected chi connectivity index (χ2v) is 6.05. The van der Waals surface area contributed by atoms with Crippen LogP contribution in [0.3, 0.4) is 0 Å². The molecule has 1 aromatic rings. The lowest BCUT2D eigenvalue weighted by atomic mass is 10.1. The van der Waals surface area contributed by atoms with E-state index in [1.807, 2.05) is 0 Å². The van der Waals surface area contributed by atoms with Crippen molar-refractivity contribution < 1.29 is 9.47 Å². The predicted octanol–water partition coefficient (Wildman–Crippen LogP) is 3.69. The van der Waals surface area contributed by atoms with E-state index >= 15 is 0 Å². The minimum absolute atomic E-state index is 0.111. The molecule has 0 bridgehead atoms. The molecule has 3 heteroatoms. The molecule has 0 aromatic heterocycles. The summed E-state index contributed by atoms with van der Waals surface area (Å²) >= 11 is 0. The Morgan fingerprint density at radius 3 is 2.55 bits per heavy atom. The highest BCUT2D eigenvalue weighted by molar-refractivity contribution is 5.40. The largest absolute Gasteiger partial charge is 0.491 e. The van der Waals surface area contributed by atoms with Crippen molar-refractivity contribution in [3.63, 3.8) is 0 Å². The van der Waals surface area contributed by atoms with Gasteiger partial charge in [0.2, 0.25) is 0 Å². The van der Waals surface area contributed by atoms with E-state index in [0.29, 0.717) is 13.2 Å². The van der Waals surface area contributed by atoms with Gasteiger partial charge in [-0.2, -0.15) is 0 Å². The van der Waals surface area contributed by atoms with Crippen LogP contribution in [0, 0.1) is 6.92 Å². The molecule has 0 saturated heterocycles. The summed E-state index contributed by atoms with van der Waals surface area (Å²) in [5, 5.41) is 3.42. The average Bonchev–Trinajstić information content (AvgIpc) is 2.36. The summed E-state index contributed by atoms with van der Waals surface area (Å²) in [7, 11) is 0. The standard InChI is InChI=1S/C17H29NO2/c1-6-10-18-13-15-9-7-8-14(2)16(15)19-11-12-20-17(3,4)5/h7-9,18H,6,10-13H2,1-5H3. The SMILES string of the molecule is CCCNCc1cccc(C)c1OCCOC(C)(C)C. The number of para-hydroxylation sites is 1. The maximum absolute atomic E-state index is 5.93. The number of hydrogen-bond donors (Lipinski definition) is 1. The fourth-order valence-corrected chi connectivity index (χ4v) is 1.95. The number of hydrogen-bond acceptors (Lipinski definition) is 3. The summed E-state index contributed by atoms with van der Waals surface area (Å²) in [6, 6.07) is 6.29. The minimum Gasteiger partial charge on any atom is -0.491 e. The highest BCUT2D eigenvalue weighted by Gasteiger charge is 2.11. The number of rotatable bonds is 8. The molecule has 3 nitrogen and oxygen atoms in total. The second-order valence-electron chi connectivity index (χ2n) is 6.05. The molecule has 0 aliphatic rings. The first kappa shape index (κ1) is 17.0. The Morgan fingerprint density at radius 1 is 1.15 bits per heavy atom. The molecule has 0 spiro atoms. The van der Waals surface area contributed by atoms with E-state index in [4.69, 9.17) is 9.47 Å². The maximum atomic E-state index is 5.93. The Bertz CT molecular complexity index is 396. The van der Waals surface area contributed by atoms with Gasteiger partial charge in [-0.1, -0.05) is 25.1 Å². The predicted molar refractivity (Wildman–Crippen MR) is 84.4 cm³/mol. The number of aryl methyl sites for hydroxylation is 1. The number of ether oxygens (including phenoxy) is 2. The average molecular weight is 279 g/mol. The van der Waals surface area contributed by atoms with E-state index in [1.165, 1.54) is 11.1 Å². The Kier molecular flexibility index (Phi) is 7.03. The maximum Gasteiger partial charge on any atom is 0.126 e. The van der Waals surface area contributed by atoms with Crippen LogP contribution in [0.2, 0.25) is 0 Å². The van der Waals surface area contributed by atoms with Crippen LogP contribution in [0.4, 0.5) is 0 Å². The van der Waals surface area contributed by atoms with Gasteiger partial charge in [-0.3, -0.25) is 0 Å². The summed E-state index contributed by atoms with van der Waals surface area (Å²) in [5.74, 6) is 0.994. The van der Waals surface area contributed by atoms with E-state index in [2.05, 4.69) is 58.1 Å². The van der Waals surface area contributed by atoms with Gasteiger partial charge in [0.1, 0.15) is 12.4 Å². The quantitative estimate of drug-likeness (QED) is 0.736. The second kappa shape index (κ2) is 8.28. The number of benzene rings is 1. The van der Waals surface area contributed by atoms with Crippen LogP contribution >= 0.6 is 0 Å². The van der Waals surface area contributed by atoms with Gasteiger partial charge in [-0.05, 0) is 46.2 Å². The molecule has 0 heterocycles. The van der Waals surface area contributed by atoms with Crippen LogP contribution in [0.15, 0.2) is 18.2 Å². The van der Waals surface area contributed by atoms with Gasteiger partial charge in [0.15, 0.2) is 0 Å². The topological polar surface area (TPSA) is 30.5 Å². The van der Waals surface area contributed by atoms with Gasteiger partial charge in [-0.25, -0.2) is 0 Å². The van der Waals surface area contributed by atoms with Crippen molar-refractivity contribution in [2.45, 2.75) is 53.2 Å². The van der Waals surface area contributed by atoms with Gasteiger partial charge in [0, 0.05) is 12.1 Å². The van der Waals surface area contributed by atoms with Gasteiger partial charge in [-0.15, -0.1) is 0 Å². The Hall–Kier alpha value is -1.06. The van der Waals surface area contributed by atoms with Gasteiger partial charge in [0.25, 0.3) is 0 Å². The lowest BCUT2D eigenvalue weighted by Crippen LogP contribution is -2.23. The zero-order valence-electron chi connectivity index (χ0n) is 13.6. The Labute approximate surface area is 123 Å². The Balaban J connectivity index is 2.54. The third-order valence-electron chi connectivity index (χ3n) is 2.90. The molecule has 1 rings (SSSR count). The molecular weight excluding hydrogens is 250 g/mol. The van der Waals surface area contributed by atoms with Gasteiger partial charge < -0.3 is 14.8 Å². The Morgan fingerprint density at radius 2 is 1.90 bits per heavy atom. The lowest BCUT2D eigenvalue weighted by Gasteiger charge is -2.20. The summed E-state index contributed by atoms with van der Waals surface area (Å²) in [6.45, 7) is 13.5. The summed E-state index contributed by atoms with van der Waals surface area (Å²) in [6.07, 6.45) is 1.14. The first-order valence-corrected chi connectivity index (χ1v) is 7.50. The van der Waals surface area contributed by atoms with Crippen molar-refractivity contribution >= 4 is 0 Å². The van der Waals surface area contributed by atoms with Crippen molar-refractivity contribution in [2.24, 2.45) is 0 Å². The smallest absolute Gasteiger partial charge is 0.126 e. The fraction of sp³-hybridized carbons (Fsp3) is 0.647. The highest BCUT2D eigenvalue weighted by atomic mass is 16.5. The zero-order chi connectivity index (χ0) is 15.0. The molecule has 0 fully saturated rings. The van der Waals surface area contributed by atoms with E-state index in [0.717, 1.165) is 25.3 Å². The van der Waals surface area contributed by atoms with Crippen LogP contribution in [-0.2, 0) is 11.3 Å². The van der Waals surface area contributed by atoms with E-state index in [1.54, 1.807) is 0 Å². The fourth-order valence-electron chi connectivity index (χ4n) is 1.95. The molecule has 1 aromatic carbocycles. The van der Waals surface area contributed by atoms with Crippen LogP contribution in [0.25, 0.3) is 0 Å². The monoisotopic (exact) mass is 279 g/mol. The van der Waals surface area contributed by atoms with Crippen molar-refractivity contribution in [2.75, 3.05) is 19.8 Å².